The molecule has 0 spiro atoms. The molecule has 1 N–H and O–H groups in total. The summed E-state index contributed by atoms with van der Waals surface area (Å²) in [6.45, 7) is 0.668. The van der Waals surface area contributed by atoms with Gasteiger partial charge in [0.05, 0.1) is 6.04 Å². The van der Waals surface area contributed by atoms with Crippen molar-refractivity contribution in [3.63, 3.8) is 0 Å². The van der Waals surface area contributed by atoms with E-state index < -0.39 is 0 Å². The SMILES string of the molecule is CN1C(=O)NCC1c1cccnc1. The molecule has 4 heteroatoms. The molecule has 2 rings (SSSR count). The molecule has 13 heavy (non-hydrogen) atoms. The smallest absolute Gasteiger partial charge is 0.317 e. The minimum absolute atomic E-state index is 0.0196. The van der Waals surface area contributed by atoms with Gasteiger partial charge in [0, 0.05) is 26.0 Å². The summed E-state index contributed by atoms with van der Waals surface area (Å²) in [6.07, 6.45) is 3.52. The van der Waals surface area contributed by atoms with Gasteiger partial charge in [0.2, 0.25) is 0 Å². The van der Waals surface area contributed by atoms with Gasteiger partial charge in [-0.3, -0.25) is 4.98 Å². The minimum Gasteiger partial charge on any atom is -0.336 e. The van der Waals surface area contributed by atoms with E-state index in [1.165, 1.54) is 0 Å². The summed E-state index contributed by atoms with van der Waals surface area (Å²) >= 11 is 0. The van der Waals surface area contributed by atoms with Gasteiger partial charge in [0.25, 0.3) is 0 Å². The lowest BCUT2D eigenvalue weighted by atomic mass is 10.1. The van der Waals surface area contributed by atoms with Crippen molar-refractivity contribution in [1.29, 1.82) is 0 Å². The molecule has 1 fully saturated rings. The van der Waals surface area contributed by atoms with Crippen LogP contribution in [-0.4, -0.2) is 29.5 Å². The highest BCUT2D eigenvalue weighted by atomic mass is 16.2. The first-order valence-electron chi connectivity index (χ1n) is 4.19. The third-order valence-corrected chi connectivity index (χ3v) is 2.30. The lowest BCUT2D eigenvalue weighted by molar-refractivity contribution is 0.216. The Labute approximate surface area is 76.6 Å². The maximum atomic E-state index is 11.2. The molecule has 2 heterocycles. The van der Waals surface area contributed by atoms with Crippen LogP contribution in [0.5, 0.6) is 0 Å². The largest absolute Gasteiger partial charge is 0.336 e. The van der Waals surface area contributed by atoms with Crippen LogP contribution in [0.2, 0.25) is 0 Å². The average Bonchev–Trinajstić information content (AvgIpc) is 2.49. The van der Waals surface area contributed by atoms with Gasteiger partial charge in [-0.2, -0.15) is 0 Å². The summed E-state index contributed by atoms with van der Waals surface area (Å²) in [5.74, 6) is 0. The van der Waals surface area contributed by atoms with Gasteiger partial charge < -0.3 is 10.2 Å². The van der Waals surface area contributed by atoms with E-state index in [1.54, 1.807) is 24.3 Å². The van der Waals surface area contributed by atoms with Crippen LogP contribution in [0.1, 0.15) is 11.6 Å². The fourth-order valence-electron chi connectivity index (χ4n) is 1.50. The topological polar surface area (TPSA) is 45.2 Å². The van der Waals surface area contributed by atoms with E-state index >= 15 is 0 Å². The lowest BCUT2D eigenvalue weighted by Gasteiger charge is -2.17. The molecular formula is C9H11N3O. The van der Waals surface area contributed by atoms with Crippen LogP contribution in [0.4, 0.5) is 4.79 Å². The Morgan fingerprint density at radius 2 is 2.54 bits per heavy atom. The average molecular weight is 177 g/mol. The molecule has 4 nitrogen and oxygen atoms in total. The van der Waals surface area contributed by atoms with Crippen molar-refractivity contribution in [1.82, 2.24) is 15.2 Å². The number of nitrogens with zero attached hydrogens (tertiary/aromatic N) is 2. The van der Waals surface area contributed by atoms with Gasteiger partial charge in [-0.15, -0.1) is 0 Å². The van der Waals surface area contributed by atoms with Crippen LogP contribution >= 0.6 is 0 Å². The first kappa shape index (κ1) is 8.04. The van der Waals surface area contributed by atoms with E-state index in [4.69, 9.17) is 0 Å². The zero-order valence-corrected chi connectivity index (χ0v) is 7.40. The molecule has 0 aliphatic carbocycles. The highest BCUT2D eigenvalue weighted by Crippen LogP contribution is 2.21. The predicted molar refractivity (Wildman–Crippen MR) is 48.1 cm³/mol. The van der Waals surface area contributed by atoms with E-state index in [-0.39, 0.29) is 12.1 Å². The quantitative estimate of drug-likeness (QED) is 0.689. The van der Waals surface area contributed by atoms with E-state index in [2.05, 4.69) is 10.3 Å². The van der Waals surface area contributed by atoms with Crippen molar-refractivity contribution in [3.05, 3.63) is 30.1 Å². The first-order valence-corrected chi connectivity index (χ1v) is 4.19. The van der Waals surface area contributed by atoms with Crippen LogP contribution in [0, 0.1) is 0 Å². The van der Waals surface area contributed by atoms with Crippen molar-refractivity contribution in [2.45, 2.75) is 6.04 Å². The first-order chi connectivity index (χ1) is 6.29. The molecular weight excluding hydrogens is 166 g/mol. The lowest BCUT2D eigenvalue weighted by Crippen LogP contribution is -2.25. The molecule has 1 aliphatic heterocycles. The Hall–Kier alpha value is -1.58. The van der Waals surface area contributed by atoms with Crippen LogP contribution in [-0.2, 0) is 0 Å². The summed E-state index contributed by atoms with van der Waals surface area (Å²) < 4.78 is 0. The number of rotatable bonds is 1. The molecule has 1 aromatic heterocycles. The van der Waals surface area contributed by atoms with E-state index in [1.807, 2.05) is 12.1 Å². The maximum absolute atomic E-state index is 11.2. The standard InChI is InChI=1S/C9H11N3O/c1-12-8(6-11-9(12)13)7-3-2-4-10-5-7/h2-5,8H,6H2,1H3,(H,11,13). The highest BCUT2D eigenvalue weighted by Gasteiger charge is 2.28. The second-order valence-electron chi connectivity index (χ2n) is 3.10. The van der Waals surface area contributed by atoms with Crippen molar-refractivity contribution in [2.24, 2.45) is 0 Å². The molecule has 1 aromatic rings. The number of aromatic nitrogens is 1. The van der Waals surface area contributed by atoms with Gasteiger partial charge >= 0.3 is 6.03 Å². The van der Waals surface area contributed by atoms with Crippen molar-refractivity contribution in [3.8, 4) is 0 Å². The van der Waals surface area contributed by atoms with Crippen LogP contribution in [0.15, 0.2) is 24.5 Å². The number of carbonyl (C=O) groups excluding carboxylic acids is 1. The van der Waals surface area contributed by atoms with Gasteiger partial charge in [0.15, 0.2) is 0 Å². The maximum Gasteiger partial charge on any atom is 0.317 e. The molecule has 1 saturated heterocycles. The number of likely N-dealkylation sites (N-methyl/N-ethyl adjacent to an activating group) is 1. The normalized spacial score (nSPS) is 21.8. The van der Waals surface area contributed by atoms with Gasteiger partial charge in [-0.05, 0) is 11.6 Å². The Morgan fingerprint density at radius 1 is 1.69 bits per heavy atom. The van der Waals surface area contributed by atoms with Gasteiger partial charge in [-0.25, -0.2) is 4.79 Å². The molecule has 1 aliphatic rings. The molecule has 2 amide bonds. The summed E-state index contributed by atoms with van der Waals surface area (Å²) in [4.78, 5) is 16.9. The van der Waals surface area contributed by atoms with E-state index in [0.29, 0.717) is 6.54 Å². The second kappa shape index (κ2) is 3.05. The summed E-state index contributed by atoms with van der Waals surface area (Å²) in [7, 11) is 1.79. The van der Waals surface area contributed by atoms with Crippen molar-refractivity contribution < 1.29 is 4.79 Å². The summed E-state index contributed by atoms with van der Waals surface area (Å²) in [5, 5.41) is 2.78. The number of urea groups is 1. The van der Waals surface area contributed by atoms with Gasteiger partial charge in [0.1, 0.15) is 0 Å². The molecule has 0 aromatic carbocycles. The number of nitrogens with one attached hydrogen (secondary N) is 1. The Balaban J connectivity index is 2.24. The minimum atomic E-state index is -0.0196. The molecule has 68 valence electrons. The molecule has 0 saturated carbocycles. The van der Waals surface area contributed by atoms with Crippen molar-refractivity contribution in [2.75, 3.05) is 13.6 Å². The Morgan fingerprint density at radius 3 is 3.08 bits per heavy atom. The van der Waals surface area contributed by atoms with Crippen molar-refractivity contribution >= 4 is 6.03 Å². The molecule has 1 unspecified atom stereocenters. The predicted octanol–water partition coefficient (Wildman–Crippen LogP) is 0.778. The number of amides is 2. The van der Waals surface area contributed by atoms with Crippen LogP contribution < -0.4 is 5.32 Å². The zero-order valence-electron chi connectivity index (χ0n) is 7.40. The monoisotopic (exact) mass is 177 g/mol. The van der Waals surface area contributed by atoms with Crippen LogP contribution in [0.25, 0.3) is 0 Å². The summed E-state index contributed by atoms with van der Waals surface area (Å²) in [6, 6.07) is 3.97. The third-order valence-electron chi connectivity index (χ3n) is 2.30. The molecule has 0 bridgehead atoms. The van der Waals surface area contributed by atoms with E-state index in [9.17, 15) is 4.79 Å². The fourth-order valence-corrected chi connectivity index (χ4v) is 1.50. The number of hydrogen-bond acceptors (Lipinski definition) is 2. The van der Waals surface area contributed by atoms with Gasteiger partial charge in [-0.1, -0.05) is 6.07 Å². The molecule has 1 atom stereocenters. The fraction of sp³-hybridized carbons (Fsp3) is 0.333. The highest BCUT2D eigenvalue weighted by molar-refractivity contribution is 5.76. The third kappa shape index (κ3) is 1.35. The van der Waals surface area contributed by atoms with E-state index in [0.717, 1.165) is 5.56 Å². The number of hydrogen-bond donors (Lipinski definition) is 1. The zero-order chi connectivity index (χ0) is 9.26. The summed E-state index contributed by atoms with van der Waals surface area (Å²) in [5.41, 5.74) is 1.07. The number of pyridine rings is 1. The Bertz CT molecular complexity index is 312. The van der Waals surface area contributed by atoms with Crippen LogP contribution in [0.3, 0.4) is 0 Å². The Kier molecular flexibility index (Phi) is 1.88. The second-order valence-corrected chi connectivity index (χ2v) is 3.10. The number of carbonyl (C=O) groups is 1. The molecule has 0 radical (unpaired) electrons.